The molecule has 0 radical (unpaired) electrons. The van der Waals surface area contributed by atoms with E-state index in [2.05, 4.69) is 4.90 Å². The fourth-order valence-electron chi connectivity index (χ4n) is 5.51. The SMILES string of the molecule is CN1CCN(c2cc(N3CCOCC3)cn3c(=O)c(OCc4ccccc4)c(C(=O)CCc4ccc(F)cc4)nc23)C(=O)C1. The molecule has 44 heavy (non-hydrogen) atoms. The summed E-state index contributed by atoms with van der Waals surface area (Å²) in [6, 6.07) is 17.2. The minimum atomic E-state index is -0.533. The van der Waals surface area contributed by atoms with Gasteiger partial charge in [0.2, 0.25) is 11.7 Å². The highest BCUT2D eigenvalue weighted by molar-refractivity contribution is 6.01. The largest absolute Gasteiger partial charge is 0.481 e. The number of anilines is 2. The summed E-state index contributed by atoms with van der Waals surface area (Å²) in [5, 5.41) is 0. The molecule has 0 atom stereocenters. The Bertz CT molecular complexity index is 1720. The van der Waals surface area contributed by atoms with Crippen LogP contribution in [0.4, 0.5) is 15.8 Å². The number of aryl methyl sites for hydroxylation is 1. The Morgan fingerprint density at radius 1 is 0.977 bits per heavy atom. The van der Waals surface area contributed by atoms with E-state index < -0.39 is 5.56 Å². The number of amides is 1. The predicted octanol–water partition coefficient (Wildman–Crippen LogP) is 3.34. The number of carbonyl (C=O) groups is 2. The van der Waals surface area contributed by atoms with Crippen molar-refractivity contribution in [2.24, 2.45) is 0 Å². The van der Waals surface area contributed by atoms with Crippen LogP contribution in [0.2, 0.25) is 0 Å². The molecule has 0 spiro atoms. The molecule has 0 saturated carbocycles. The van der Waals surface area contributed by atoms with Crippen molar-refractivity contribution in [1.29, 1.82) is 0 Å². The van der Waals surface area contributed by atoms with Gasteiger partial charge in [0.05, 0.1) is 31.1 Å². The first-order valence-electron chi connectivity index (χ1n) is 14.7. The lowest BCUT2D eigenvalue weighted by molar-refractivity contribution is -0.120. The molecule has 0 N–H and O–H groups in total. The van der Waals surface area contributed by atoms with Crippen LogP contribution in [0.15, 0.2) is 71.7 Å². The van der Waals surface area contributed by atoms with Gasteiger partial charge in [-0.15, -0.1) is 0 Å². The van der Waals surface area contributed by atoms with E-state index in [9.17, 15) is 18.8 Å². The minimum absolute atomic E-state index is 0.0323. The van der Waals surface area contributed by atoms with Crippen molar-refractivity contribution in [3.63, 3.8) is 0 Å². The zero-order chi connectivity index (χ0) is 30.6. The first kappa shape index (κ1) is 29.5. The number of hydrogen-bond acceptors (Lipinski definition) is 8. The average molecular weight is 600 g/mol. The molecular weight excluding hydrogens is 565 g/mol. The Kier molecular flexibility index (Phi) is 8.67. The number of benzene rings is 2. The van der Waals surface area contributed by atoms with E-state index >= 15 is 0 Å². The second kappa shape index (κ2) is 12.9. The highest BCUT2D eigenvalue weighted by Crippen LogP contribution is 2.30. The fourth-order valence-corrected chi connectivity index (χ4v) is 5.51. The van der Waals surface area contributed by atoms with Crippen LogP contribution in [-0.4, -0.2) is 79.0 Å². The normalized spacial score (nSPS) is 16.0. The molecule has 228 valence electrons. The Morgan fingerprint density at radius 3 is 2.45 bits per heavy atom. The van der Waals surface area contributed by atoms with Crippen LogP contribution in [0.5, 0.6) is 5.75 Å². The molecule has 2 aliphatic rings. The molecule has 2 fully saturated rings. The van der Waals surface area contributed by atoms with Gasteiger partial charge in [-0.2, -0.15) is 0 Å². The molecule has 4 heterocycles. The van der Waals surface area contributed by atoms with Crippen LogP contribution in [-0.2, 0) is 22.6 Å². The number of piperazine rings is 1. The van der Waals surface area contributed by atoms with Crippen LogP contribution < -0.4 is 20.1 Å². The fraction of sp³-hybridized carbons (Fsp3) is 0.333. The number of halogens is 1. The van der Waals surface area contributed by atoms with E-state index in [1.54, 1.807) is 23.2 Å². The Balaban J connectivity index is 1.47. The maximum Gasteiger partial charge on any atom is 0.301 e. The number of ketones is 1. The molecular formula is C33H34FN5O5. The van der Waals surface area contributed by atoms with Gasteiger partial charge < -0.3 is 19.3 Å². The van der Waals surface area contributed by atoms with Crippen LogP contribution in [0.25, 0.3) is 5.65 Å². The maximum atomic E-state index is 14.2. The average Bonchev–Trinajstić information content (AvgIpc) is 3.04. The van der Waals surface area contributed by atoms with Gasteiger partial charge in [-0.05, 0) is 42.8 Å². The van der Waals surface area contributed by atoms with Gasteiger partial charge >= 0.3 is 5.56 Å². The number of nitrogens with zero attached hydrogens (tertiary/aromatic N) is 5. The number of pyridine rings is 1. The molecule has 0 unspecified atom stereocenters. The molecule has 2 aromatic heterocycles. The molecule has 2 aromatic carbocycles. The number of likely N-dealkylation sites (N-methyl/N-ethyl adjacent to an activating group) is 1. The molecule has 11 heteroatoms. The highest BCUT2D eigenvalue weighted by Gasteiger charge is 2.29. The van der Waals surface area contributed by atoms with Crippen LogP contribution in [0.3, 0.4) is 0 Å². The van der Waals surface area contributed by atoms with Gasteiger partial charge in [0.15, 0.2) is 17.1 Å². The van der Waals surface area contributed by atoms with Gasteiger partial charge in [-0.25, -0.2) is 9.37 Å². The number of hydrogen-bond donors (Lipinski definition) is 0. The maximum absolute atomic E-state index is 14.2. The minimum Gasteiger partial charge on any atom is -0.481 e. The zero-order valence-electron chi connectivity index (χ0n) is 24.6. The second-order valence-electron chi connectivity index (χ2n) is 11.1. The molecule has 2 saturated heterocycles. The summed E-state index contributed by atoms with van der Waals surface area (Å²) >= 11 is 0. The highest BCUT2D eigenvalue weighted by atomic mass is 19.1. The van der Waals surface area contributed by atoms with E-state index in [1.807, 2.05) is 48.3 Å². The van der Waals surface area contributed by atoms with E-state index in [4.69, 9.17) is 14.5 Å². The van der Waals surface area contributed by atoms with Gasteiger partial charge in [0, 0.05) is 38.8 Å². The van der Waals surface area contributed by atoms with Crippen molar-refractivity contribution in [3.8, 4) is 5.75 Å². The zero-order valence-corrected chi connectivity index (χ0v) is 24.6. The van der Waals surface area contributed by atoms with Gasteiger partial charge in [0.25, 0.3) is 0 Å². The van der Waals surface area contributed by atoms with Crippen LogP contribution >= 0.6 is 0 Å². The summed E-state index contributed by atoms with van der Waals surface area (Å²) < 4.78 is 26.4. The third-order valence-corrected chi connectivity index (χ3v) is 7.97. The monoisotopic (exact) mass is 599 g/mol. The van der Waals surface area contributed by atoms with Gasteiger partial charge in [-0.1, -0.05) is 42.5 Å². The first-order valence-corrected chi connectivity index (χ1v) is 14.7. The molecule has 0 aliphatic carbocycles. The summed E-state index contributed by atoms with van der Waals surface area (Å²) in [5.41, 5.74) is 2.41. The third kappa shape index (κ3) is 6.34. The van der Waals surface area contributed by atoms with E-state index in [0.29, 0.717) is 51.5 Å². The number of morpholine rings is 1. The van der Waals surface area contributed by atoms with Crippen molar-refractivity contribution in [3.05, 3.63) is 99.9 Å². The lowest BCUT2D eigenvalue weighted by Crippen LogP contribution is -2.49. The van der Waals surface area contributed by atoms with E-state index in [1.165, 1.54) is 16.5 Å². The van der Waals surface area contributed by atoms with Crippen molar-refractivity contribution < 1.29 is 23.5 Å². The standard InChI is InChI=1S/C33H34FN5O5/c1-36-13-14-38(29(41)21-36)27-19-26(37-15-17-43-18-16-37)20-39-32(27)35-30(28(40)12-9-23-7-10-25(34)11-8-23)31(33(39)42)44-22-24-5-3-2-4-6-24/h2-8,10-11,19-20H,9,12-18,21-22H2,1H3. The van der Waals surface area contributed by atoms with E-state index in [-0.39, 0.29) is 54.2 Å². The van der Waals surface area contributed by atoms with Crippen molar-refractivity contribution in [2.75, 3.05) is 62.8 Å². The Morgan fingerprint density at radius 2 is 1.73 bits per heavy atom. The second-order valence-corrected chi connectivity index (χ2v) is 11.1. The number of fused-ring (bicyclic) bond motifs is 1. The summed E-state index contributed by atoms with van der Waals surface area (Å²) in [6.45, 7) is 3.68. The third-order valence-electron chi connectivity index (χ3n) is 7.97. The molecule has 2 aliphatic heterocycles. The smallest absolute Gasteiger partial charge is 0.301 e. The number of rotatable bonds is 9. The van der Waals surface area contributed by atoms with Crippen LogP contribution in [0.1, 0.15) is 28.0 Å². The van der Waals surface area contributed by atoms with Crippen LogP contribution in [0, 0.1) is 5.82 Å². The molecule has 0 bridgehead atoms. The lowest BCUT2D eigenvalue weighted by Gasteiger charge is -2.34. The first-order chi connectivity index (χ1) is 21.4. The summed E-state index contributed by atoms with van der Waals surface area (Å²) in [7, 11) is 1.88. The van der Waals surface area contributed by atoms with Gasteiger partial charge in [0.1, 0.15) is 12.4 Å². The molecule has 1 amide bonds. The number of Topliss-reactive ketones (excluding diaryl/α,β-unsaturated/α-hetero) is 1. The molecule has 6 rings (SSSR count). The molecule has 10 nitrogen and oxygen atoms in total. The Hall–Kier alpha value is -4.61. The topological polar surface area (TPSA) is 96.7 Å². The van der Waals surface area contributed by atoms with E-state index in [0.717, 1.165) is 16.8 Å². The van der Waals surface area contributed by atoms with Crippen molar-refractivity contribution in [2.45, 2.75) is 19.4 Å². The predicted molar refractivity (Wildman–Crippen MR) is 164 cm³/mol. The lowest BCUT2D eigenvalue weighted by atomic mass is 10.1. The summed E-state index contributed by atoms with van der Waals surface area (Å²) in [4.78, 5) is 51.7. The number of ether oxygens (including phenoxy) is 2. The van der Waals surface area contributed by atoms with Gasteiger partial charge in [-0.3, -0.25) is 23.7 Å². The quantitative estimate of drug-likeness (QED) is 0.271. The number of aromatic nitrogens is 2. The molecule has 4 aromatic rings. The van der Waals surface area contributed by atoms with Crippen molar-refractivity contribution in [1.82, 2.24) is 14.3 Å². The number of carbonyl (C=O) groups excluding carboxylic acids is 2. The summed E-state index contributed by atoms with van der Waals surface area (Å²) in [6.07, 6.45) is 2.06. The van der Waals surface area contributed by atoms with Crippen molar-refractivity contribution >= 4 is 28.7 Å². The Labute approximate surface area is 254 Å². The summed E-state index contributed by atoms with van der Waals surface area (Å²) in [5.74, 6) is -1.01.